The first-order chi connectivity index (χ1) is 6.75. The van der Waals surface area contributed by atoms with Gasteiger partial charge in [-0.15, -0.1) is 0 Å². The van der Waals surface area contributed by atoms with E-state index in [4.69, 9.17) is 0 Å². The zero-order valence-electron chi connectivity index (χ0n) is 9.76. The molecular weight excluding hydrogens is 170 g/mol. The molecule has 1 unspecified atom stereocenters. The van der Waals surface area contributed by atoms with Crippen molar-refractivity contribution in [1.29, 1.82) is 0 Å². The van der Waals surface area contributed by atoms with E-state index in [9.17, 15) is 0 Å². The van der Waals surface area contributed by atoms with Gasteiger partial charge < -0.3 is 5.32 Å². The molecule has 2 aliphatic carbocycles. The lowest BCUT2D eigenvalue weighted by atomic mass is 9.79. The molecule has 1 atom stereocenters. The number of rotatable bonds is 3. The van der Waals surface area contributed by atoms with Gasteiger partial charge in [-0.2, -0.15) is 0 Å². The third-order valence-electron chi connectivity index (χ3n) is 4.37. The summed E-state index contributed by atoms with van der Waals surface area (Å²) < 4.78 is 0. The van der Waals surface area contributed by atoms with Crippen LogP contribution in [-0.2, 0) is 0 Å². The highest BCUT2D eigenvalue weighted by Gasteiger charge is 2.26. The number of hydrogen-bond acceptors (Lipinski definition) is 1. The Morgan fingerprint density at radius 2 is 1.64 bits per heavy atom. The van der Waals surface area contributed by atoms with Crippen molar-refractivity contribution < 1.29 is 0 Å². The molecule has 1 N–H and O–H groups in total. The molecule has 0 heterocycles. The van der Waals surface area contributed by atoms with Crippen molar-refractivity contribution in [3.8, 4) is 0 Å². The lowest BCUT2D eigenvalue weighted by molar-refractivity contribution is 0.202. The highest BCUT2D eigenvalue weighted by atomic mass is 15.0. The molecule has 82 valence electrons. The molecule has 0 bridgehead atoms. The predicted molar refractivity (Wildman–Crippen MR) is 61.4 cm³/mol. The standard InChI is InChI=1S/C13H25N/c1-10-6-8-13(9-7-10)14-11(2)12-4-3-5-12/h10-14H,3-9H2,1-2H3. The minimum atomic E-state index is 0.780. The molecule has 0 saturated heterocycles. The minimum Gasteiger partial charge on any atom is -0.311 e. The van der Waals surface area contributed by atoms with Crippen molar-refractivity contribution in [2.75, 3.05) is 0 Å². The summed E-state index contributed by atoms with van der Waals surface area (Å²) in [5.74, 6) is 1.97. The molecule has 2 aliphatic rings. The van der Waals surface area contributed by atoms with Crippen LogP contribution in [0.25, 0.3) is 0 Å². The Bertz CT molecular complexity index is 166. The summed E-state index contributed by atoms with van der Waals surface area (Å²) in [6, 6.07) is 1.61. The Balaban J connectivity index is 1.68. The van der Waals surface area contributed by atoms with E-state index < -0.39 is 0 Å². The van der Waals surface area contributed by atoms with Crippen LogP contribution < -0.4 is 5.32 Å². The molecule has 0 aromatic heterocycles. The first-order valence-electron chi connectivity index (χ1n) is 6.51. The molecule has 0 aromatic carbocycles. The van der Waals surface area contributed by atoms with E-state index in [2.05, 4.69) is 19.2 Å². The maximum atomic E-state index is 3.84. The molecule has 0 aromatic rings. The molecular formula is C13H25N. The van der Waals surface area contributed by atoms with Crippen LogP contribution >= 0.6 is 0 Å². The topological polar surface area (TPSA) is 12.0 Å². The van der Waals surface area contributed by atoms with Crippen LogP contribution in [0.15, 0.2) is 0 Å². The third kappa shape index (κ3) is 2.50. The third-order valence-corrected chi connectivity index (χ3v) is 4.37. The zero-order valence-corrected chi connectivity index (χ0v) is 9.76. The number of nitrogens with one attached hydrogen (secondary N) is 1. The molecule has 0 spiro atoms. The average Bonchev–Trinajstić information content (AvgIpc) is 2.06. The van der Waals surface area contributed by atoms with Crippen molar-refractivity contribution in [3.05, 3.63) is 0 Å². The van der Waals surface area contributed by atoms with Crippen molar-refractivity contribution >= 4 is 0 Å². The Hall–Kier alpha value is -0.0400. The maximum absolute atomic E-state index is 3.84. The zero-order chi connectivity index (χ0) is 9.97. The van der Waals surface area contributed by atoms with E-state index >= 15 is 0 Å². The Labute approximate surface area is 88.7 Å². The first kappa shape index (κ1) is 10.5. The molecule has 0 aliphatic heterocycles. The van der Waals surface area contributed by atoms with E-state index in [1.807, 2.05) is 0 Å². The minimum absolute atomic E-state index is 0.780. The second-order valence-corrected chi connectivity index (χ2v) is 5.60. The van der Waals surface area contributed by atoms with Gasteiger partial charge in [0.15, 0.2) is 0 Å². The second kappa shape index (κ2) is 4.65. The van der Waals surface area contributed by atoms with Gasteiger partial charge in [0, 0.05) is 12.1 Å². The summed E-state index contributed by atoms with van der Waals surface area (Å²) in [5.41, 5.74) is 0. The van der Waals surface area contributed by atoms with Crippen LogP contribution in [0, 0.1) is 11.8 Å². The average molecular weight is 195 g/mol. The van der Waals surface area contributed by atoms with Gasteiger partial charge in [0.05, 0.1) is 0 Å². The van der Waals surface area contributed by atoms with Crippen molar-refractivity contribution in [2.45, 2.75) is 70.9 Å². The normalized spacial score (nSPS) is 36.4. The summed E-state index contributed by atoms with van der Waals surface area (Å²) in [5, 5.41) is 3.84. The highest BCUT2D eigenvalue weighted by Crippen LogP contribution is 2.31. The molecule has 2 saturated carbocycles. The summed E-state index contributed by atoms with van der Waals surface area (Å²) in [6.45, 7) is 4.79. The van der Waals surface area contributed by atoms with Gasteiger partial charge in [-0.1, -0.05) is 13.3 Å². The van der Waals surface area contributed by atoms with Crippen LogP contribution in [0.1, 0.15) is 58.8 Å². The van der Waals surface area contributed by atoms with Gasteiger partial charge in [0.1, 0.15) is 0 Å². The molecule has 1 nitrogen and oxygen atoms in total. The molecule has 14 heavy (non-hydrogen) atoms. The van der Waals surface area contributed by atoms with Gasteiger partial charge in [-0.25, -0.2) is 0 Å². The van der Waals surface area contributed by atoms with E-state index in [1.54, 1.807) is 0 Å². The van der Waals surface area contributed by atoms with Crippen LogP contribution in [-0.4, -0.2) is 12.1 Å². The number of hydrogen-bond donors (Lipinski definition) is 1. The molecule has 1 heteroatoms. The highest BCUT2D eigenvalue weighted by molar-refractivity contribution is 4.84. The van der Waals surface area contributed by atoms with E-state index in [-0.39, 0.29) is 0 Å². The van der Waals surface area contributed by atoms with Crippen LogP contribution in [0.5, 0.6) is 0 Å². The quantitative estimate of drug-likeness (QED) is 0.728. The van der Waals surface area contributed by atoms with E-state index in [1.165, 1.54) is 44.9 Å². The van der Waals surface area contributed by atoms with Gasteiger partial charge in [-0.05, 0) is 57.3 Å². The fourth-order valence-electron chi connectivity index (χ4n) is 2.87. The predicted octanol–water partition coefficient (Wildman–Crippen LogP) is 3.34. The SMILES string of the molecule is CC1CCC(NC(C)C2CCC2)CC1. The van der Waals surface area contributed by atoms with Crippen molar-refractivity contribution in [1.82, 2.24) is 5.32 Å². The van der Waals surface area contributed by atoms with Crippen LogP contribution in [0.3, 0.4) is 0 Å². The molecule has 0 amide bonds. The van der Waals surface area contributed by atoms with Crippen molar-refractivity contribution in [3.63, 3.8) is 0 Å². The monoisotopic (exact) mass is 195 g/mol. The molecule has 0 radical (unpaired) electrons. The first-order valence-corrected chi connectivity index (χ1v) is 6.51. The fraction of sp³-hybridized carbons (Fsp3) is 1.00. The molecule has 2 fully saturated rings. The van der Waals surface area contributed by atoms with Gasteiger partial charge in [0.2, 0.25) is 0 Å². The summed E-state index contributed by atoms with van der Waals surface area (Å²) >= 11 is 0. The van der Waals surface area contributed by atoms with E-state index in [0.717, 1.165) is 23.9 Å². The molecule has 2 rings (SSSR count). The van der Waals surface area contributed by atoms with Crippen molar-refractivity contribution in [2.24, 2.45) is 11.8 Å². The smallest absolute Gasteiger partial charge is 0.00698 e. The lowest BCUT2D eigenvalue weighted by Gasteiger charge is -2.36. The summed E-state index contributed by atoms with van der Waals surface area (Å²) in [6.07, 6.45) is 10.1. The Morgan fingerprint density at radius 1 is 1.00 bits per heavy atom. The fourth-order valence-corrected chi connectivity index (χ4v) is 2.87. The van der Waals surface area contributed by atoms with E-state index in [0.29, 0.717) is 0 Å². The second-order valence-electron chi connectivity index (χ2n) is 5.60. The summed E-state index contributed by atoms with van der Waals surface area (Å²) in [4.78, 5) is 0. The lowest BCUT2D eigenvalue weighted by Crippen LogP contribution is -2.44. The Morgan fingerprint density at radius 3 is 2.14 bits per heavy atom. The van der Waals surface area contributed by atoms with Gasteiger partial charge in [-0.3, -0.25) is 0 Å². The maximum Gasteiger partial charge on any atom is 0.00698 e. The van der Waals surface area contributed by atoms with Crippen LogP contribution in [0.2, 0.25) is 0 Å². The largest absolute Gasteiger partial charge is 0.311 e. The van der Waals surface area contributed by atoms with Gasteiger partial charge >= 0.3 is 0 Å². The van der Waals surface area contributed by atoms with Gasteiger partial charge in [0.25, 0.3) is 0 Å². The van der Waals surface area contributed by atoms with Crippen LogP contribution in [0.4, 0.5) is 0 Å². The Kier molecular flexibility index (Phi) is 3.48. The summed E-state index contributed by atoms with van der Waals surface area (Å²) in [7, 11) is 0.